The highest BCUT2D eigenvalue weighted by Crippen LogP contribution is 2.31. The number of anilines is 1. The van der Waals surface area contributed by atoms with E-state index in [-0.39, 0.29) is 22.0 Å². The molecular formula is C20H13ClF4N2O2S. The summed E-state index contributed by atoms with van der Waals surface area (Å²) in [6.07, 6.45) is -4.58. The number of halogens is 5. The quantitative estimate of drug-likeness (QED) is 0.309. The molecule has 0 saturated heterocycles. The van der Waals surface area contributed by atoms with Crippen LogP contribution in [0.3, 0.4) is 0 Å². The molecule has 0 fully saturated rings. The minimum absolute atomic E-state index is 0.0424. The fraction of sp³-hybridized carbons (Fsp3) is 0.0500. The Labute approximate surface area is 174 Å². The SMILES string of the molecule is O=S(=O)(N=C(Nc1cccc(C(F)(F)F)c1)c1ccc(F)cc1)c1ccc(Cl)cc1. The van der Waals surface area contributed by atoms with E-state index in [1.54, 1.807) is 0 Å². The molecule has 0 heterocycles. The Morgan fingerprint density at radius 3 is 2.17 bits per heavy atom. The molecule has 0 spiro atoms. The Balaban J connectivity index is 2.06. The van der Waals surface area contributed by atoms with Crippen molar-refractivity contribution in [2.75, 3.05) is 5.32 Å². The molecule has 30 heavy (non-hydrogen) atoms. The molecule has 3 rings (SSSR count). The number of alkyl halides is 3. The lowest BCUT2D eigenvalue weighted by molar-refractivity contribution is -0.137. The van der Waals surface area contributed by atoms with Gasteiger partial charge in [0.2, 0.25) is 0 Å². The van der Waals surface area contributed by atoms with Crippen molar-refractivity contribution in [2.45, 2.75) is 11.1 Å². The number of rotatable bonds is 4. The lowest BCUT2D eigenvalue weighted by Crippen LogP contribution is -2.17. The highest BCUT2D eigenvalue weighted by molar-refractivity contribution is 7.90. The molecule has 0 radical (unpaired) electrons. The van der Waals surface area contributed by atoms with Crippen LogP contribution in [0.15, 0.2) is 82.1 Å². The maximum atomic E-state index is 13.3. The van der Waals surface area contributed by atoms with Crippen molar-refractivity contribution < 1.29 is 26.0 Å². The molecule has 3 aromatic rings. The number of nitrogens with zero attached hydrogens (tertiary/aromatic N) is 1. The number of hydrogen-bond acceptors (Lipinski definition) is 2. The van der Waals surface area contributed by atoms with E-state index in [9.17, 15) is 26.0 Å². The molecule has 1 N–H and O–H groups in total. The Morgan fingerprint density at radius 2 is 1.57 bits per heavy atom. The molecule has 4 nitrogen and oxygen atoms in total. The minimum atomic E-state index is -4.58. The van der Waals surface area contributed by atoms with Crippen LogP contribution in [0.25, 0.3) is 0 Å². The van der Waals surface area contributed by atoms with Gasteiger partial charge in [-0.2, -0.15) is 21.6 Å². The van der Waals surface area contributed by atoms with Crippen LogP contribution >= 0.6 is 11.6 Å². The van der Waals surface area contributed by atoms with Crippen molar-refractivity contribution in [2.24, 2.45) is 4.40 Å². The van der Waals surface area contributed by atoms with Gasteiger partial charge in [-0.15, -0.1) is 4.40 Å². The summed E-state index contributed by atoms with van der Waals surface area (Å²) >= 11 is 5.77. The van der Waals surface area contributed by atoms with E-state index in [4.69, 9.17) is 11.6 Å². The van der Waals surface area contributed by atoms with E-state index in [2.05, 4.69) is 9.71 Å². The average Bonchev–Trinajstić information content (AvgIpc) is 2.68. The Bertz CT molecular complexity index is 1180. The third kappa shape index (κ3) is 5.37. The highest BCUT2D eigenvalue weighted by atomic mass is 35.5. The standard InChI is InChI=1S/C20H13ClF4N2O2S/c21-15-6-10-18(11-7-15)30(28,29)27-19(13-4-8-16(22)9-5-13)26-17-3-1-2-14(12-17)20(23,24)25/h1-12H,(H,26,27). The molecule has 156 valence electrons. The van der Waals surface area contributed by atoms with Gasteiger partial charge in [-0.25, -0.2) is 4.39 Å². The van der Waals surface area contributed by atoms with Crippen LogP contribution in [0.2, 0.25) is 5.02 Å². The van der Waals surface area contributed by atoms with Crippen LogP contribution in [0.1, 0.15) is 11.1 Å². The van der Waals surface area contributed by atoms with E-state index >= 15 is 0 Å². The van der Waals surface area contributed by atoms with Gasteiger partial charge in [-0.3, -0.25) is 0 Å². The molecule has 0 aliphatic rings. The van der Waals surface area contributed by atoms with E-state index < -0.39 is 27.6 Å². The molecule has 3 aromatic carbocycles. The number of benzene rings is 3. The molecule has 0 unspecified atom stereocenters. The van der Waals surface area contributed by atoms with Gasteiger partial charge in [-0.1, -0.05) is 17.7 Å². The zero-order chi connectivity index (χ0) is 21.9. The first-order chi connectivity index (χ1) is 14.0. The van der Waals surface area contributed by atoms with Gasteiger partial charge < -0.3 is 5.32 Å². The third-order valence-corrected chi connectivity index (χ3v) is 5.44. The van der Waals surface area contributed by atoms with Crippen LogP contribution in [0, 0.1) is 5.82 Å². The summed E-state index contributed by atoms with van der Waals surface area (Å²) < 4.78 is 81.4. The molecule has 0 saturated carbocycles. The Morgan fingerprint density at radius 1 is 0.933 bits per heavy atom. The Hall–Kier alpha value is -2.91. The fourth-order valence-corrected chi connectivity index (χ4v) is 3.55. The largest absolute Gasteiger partial charge is 0.416 e. The lowest BCUT2D eigenvalue weighted by atomic mass is 10.1. The second kappa shape index (κ2) is 8.45. The van der Waals surface area contributed by atoms with Gasteiger partial charge in [0.05, 0.1) is 10.5 Å². The monoisotopic (exact) mass is 456 g/mol. The molecule has 0 aliphatic carbocycles. The minimum Gasteiger partial charge on any atom is -0.339 e. The van der Waals surface area contributed by atoms with Gasteiger partial charge in [0.15, 0.2) is 5.84 Å². The van der Waals surface area contributed by atoms with E-state index in [1.807, 2.05) is 0 Å². The summed E-state index contributed by atoms with van der Waals surface area (Å²) in [5.41, 5.74) is -0.808. The molecule has 0 bridgehead atoms. The van der Waals surface area contributed by atoms with Gasteiger partial charge >= 0.3 is 6.18 Å². The molecule has 0 aromatic heterocycles. The van der Waals surface area contributed by atoms with E-state index in [0.29, 0.717) is 5.02 Å². The molecule has 10 heteroatoms. The van der Waals surface area contributed by atoms with Crippen LogP contribution in [-0.4, -0.2) is 14.3 Å². The first kappa shape index (κ1) is 21.8. The summed E-state index contributed by atoms with van der Waals surface area (Å²) in [5.74, 6) is -0.845. The average molecular weight is 457 g/mol. The van der Waals surface area contributed by atoms with Crippen LogP contribution < -0.4 is 5.32 Å². The van der Waals surface area contributed by atoms with Crippen molar-refractivity contribution in [1.29, 1.82) is 0 Å². The van der Waals surface area contributed by atoms with Crippen molar-refractivity contribution in [3.05, 3.63) is 94.8 Å². The second-order valence-corrected chi connectivity index (χ2v) is 8.12. The van der Waals surface area contributed by atoms with Crippen LogP contribution in [-0.2, 0) is 16.2 Å². The zero-order valence-corrected chi connectivity index (χ0v) is 16.6. The van der Waals surface area contributed by atoms with Gasteiger partial charge in [-0.05, 0) is 66.7 Å². The van der Waals surface area contributed by atoms with Gasteiger partial charge in [0.1, 0.15) is 5.82 Å². The predicted molar refractivity (Wildman–Crippen MR) is 107 cm³/mol. The number of sulfonamides is 1. The summed E-state index contributed by atoms with van der Waals surface area (Å²) in [5, 5.41) is 2.91. The maximum Gasteiger partial charge on any atom is 0.416 e. The molecule has 0 aliphatic heterocycles. The normalized spacial score (nSPS) is 12.6. The van der Waals surface area contributed by atoms with E-state index in [0.717, 1.165) is 24.3 Å². The fourth-order valence-electron chi connectivity index (χ4n) is 2.44. The maximum absolute atomic E-state index is 13.3. The van der Waals surface area contributed by atoms with Gasteiger partial charge in [0, 0.05) is 16.3 Å². The van der Waals surface area contributed by atoms with E-state index in [1.165, 1.54) is 48.5 Å². The van der Waals surface area contributed by atoms with Gasteiger partial charge in [0.25, 0.3) is 10.0 Å². The van der Waals surface area contributed by atoms with Crippen LogP contribution in [0.5, 0.6) is 0 Å². The molecule has 0 atom stereocenters. The number of amidine groups is 1. The lowest BCUT2D eigenvalue weighted by Gasteiger charge is -2.13. The molecular weight excluding hydrogens is 444 g/mol. The number of nitrogens with one attached hydrogen (secondary N) is 1. The van der Waals surface area contributed by atoms with Crippen molar-refractivity contribution in [3.63, 3.8) is 0 Å². The second-order valence-electron chi connectivity index (χ2n) is 6.08. The number of hydrogen-bond donors (Lipinski definition) is 1. The summed E-state index contributed by atoms with van der Waals surface area (Å²) in [4.78, 5) is -0.169. The predicted octanol–water partition coefficient (Wildman–Crippen LogP) is 5.75. The summed E-state index contributed by atoms with van der Waals surface area (Å²) in [7, 11) is -4.24. The van der Waals surface area contributed by atoms with Crippen molar-refractivity contribution in [3.8, 4) is 0 Å². The first-order valence-electron chi connectivity index (χ1n) is 8.35. The topological polar surface area (TPSA) is 58.5 Å². The third-order valence-electron chi connectivity index (χ3n) is 3.89. The smallest absolute Gasteiger partial charge is 0.339 e. The zero-order valence-electron chi connectivity index (χ0n) is 15.0. The van der Waals surface area contributed by atoms with Crippen molar-refractivity contribution in [1.82, 2.24) is 0 Å². The summed E-state index contributed by atoms with van der Waals surface area (Å²) in [6, 6.07) is 14.1. The van der Waals surface area contributed by atoms with Crippen molar-refractivity contribution >= 4 is 33.1 Å². The Kier molecular flexibility index (Phi) is 6.14. The first-order valence-corrected chi connectivity index (χ1v) is 10.2. The molecule has 0 amide bonds. The summed E-state index contributed by atoms with van der Waals surface area (Å²) in [6.45, 7) is 0. The highest BCUT2D eigenvalue weighted by Gasteiger charge is 2.30. The van der Waals surface area contributed by atoms with Crippen LogP contribution in [0.4, 0.5) is 23.2 Å².